The summed E-state index contributed by atoms with van der Waals surface area (Å²) >= 11 is 7.13. The van der Waals surface area contributed by atoms with Gasteiger partial charge in [0.25, 0.3) is 0 Å². The third kappa shape index (κ3) is 5.75. The number of nitrogens with zero attached hydrogens (tertiary/aromatic N) is 1. The summed E-state index contributed by atoms with van der Waals surface area (Å²) in [5.41, 5.74) is 3.42. The van der Waals surface area contributed by atoms with E-state index in [1.807, 2.05) is 49.4 Å². The smallest absolute Gasteiger partial charge is 0.310 e. The molecule has 0 aliphatic heterocycles. The van der Waals surface area contributed by atoms with Crippen LogP contribution in [0.1, 0.15) is 25.0 Å². The number of nitrogens with one attached hydrogen (secondary N) is 1. The SMILES string of the molecule is Cc1cccc(Cl)c1Nc1ccccc1CC(=O)OCC(C)(C)SN=O. The normalized spacial score (nSPS) is 11.1. The molecule has 26 heavy (non-hydrogen) atoms. The summed E-state index contributed by atoms with van der Waals surface area (Å²) in [4.78, 5) is 22.6. The maximum Gasteiger partial charge on any atom is 0.310 e. The van der Waals surface area contributed by atoms with Crippen molar-refractivity contribution >= 4 is 40.9 Å². The molecule has 0 aliphatic carbocycles. The number of para-hydroxylation sites is 2. The number of ether oxygens (including phenoxy) is 1. The van der Waals surface area contributed by atoms with Crippen molar-refractivity contribution < 1.29 is 9.53 Å². The molecule has 0 atom stereocenters. The van der Waals surface area contributed by atoms with Gasteiger partial charge in [-0.3, -0.25) is 4.79 Å². The minimum Gasteiger partial charge on any atom is -0.464 e. The van der Waals surface area contributed by atoms with Crippen LogP contribution < -0.4 is 5.32 Å². The van der Waals surface area contributed by atoms with Crippen LogP contribution in [-0.4, -0.2) is 17.3 Å². The van der Waals surface area contributed by atoms with Crippen LogP contribution in [0.5, 0.6) is 0 Å². The van der Waals surface area contributed by atoms with Gasteiger partial charge in [-0.1, -0.05) is 41.9 Å². The summed E-state index contributed by atoms with van der Waals surface area (Å²) in [6.07, 6.45) is 0.113. The maximum absolute atomic E-state index is 12.2. The number of carbonyl (C=O) groups excluding carboxylic acids is 1. The van der Waals surface area contributed by atoms with Crippen LogP contribution in [0, 0.1) is 11.8 Å². The average molecular weight is 393 g/mol. The van der Waals surface area contributed by atoms with E-state index in [0.29, 0.717) is 5.02 Å². The van der Waals surface area contributed by atoms with Crippen molar-refractivity contribution in [3.8, 4) is 0 Å². The molecule has 138 valence electrons. The van der Waals surface area contributed by atoms with Gasteiger partial charge < -0.3 is 10.1 Å². The first-order chi connectivity index (χ1) is 12.3. The molecule has 5 nitrogen and oxygen atoms in total. The molecule has 0 radical (unpaired) electrons. The van der Waals surface area contributed by atoms with Crippen molar-refractivity contribution in [2.45, 2.75) is 31.9 Å². The summed E-state index contributed by atoms with van der Waals surface area (Å²) in [7, 11) is 0. The number of anilines is 2. The molecular formula is C19H21ClN2O3S. The lowest BCUT2D eigenvalue weighted by Crippen LogP contribution is -2.25. The Morgan fingerprint density at radius 1 is 1.23 bits per heavy atom. The summed E-state index contributed by atoms with van der Waals surface area (Å²) in [6.45, 7) is 5.66. The molecule has 7 heteroatoms. The zero-order valence-corrected chi connectivity index (χ0v) is 16.5. The first kappa shape index (κ1) is 20.3. The largest absolute Gasteiger partial charge is 0.464 e. The van der Waals surface area contributed by atoms with Gasteiger partial charge in [-0.25, -0.2) is 0 Å². The number of esters is 1. The Kier molecular flexibility index (Phi) is 7.06. The molecule has 0 fully saturated rings. The lowest BCUT2D eigenvalue weighted by Gasteiger charge is -2.19. The minimum absolute atomic E-state index is 0.113. The van der Waals surface area contributed by atoms with E-state index in [2.05, 4.69) is 9.90 Å². The van der Waals surface area contributed by atoms with Gasteiger partial charge in [0.15, 0.2) is 0 Å². The molecule has 2 rings (SSSR count). The summed E-state index contributed by atoms with van der Waals surface area (Å²) in [5, 5.41) is 3.92. The molecule has 0 aliphatic rings. The molecule has 0 bridgehead atoms. The number of benzene rings is 2. The molecule has 0 saturated carbocycles. The Balaban J connectivity index is 2.09. The van der Waals surface area contributed by atoms with Gasteiger partial charge in [0, 0.05) is 22.2 Å². The van der Waals surface area contributed by atoms with E-state index in [9.17, 15) is 9.70 Å². The maximum atomic E-state index is 12.2. The zero-order chi connectivity index (χ0) is 19.2. The van der Waals surface area contributed by atoms with Gasteiger partial charge in [0.1, 0.15) is 6.61 Å². The van der Waals surface area contributed by atoms with Gasteiger partial charge in [-0.05, 0) is 44.0 Å². The van der Waals surface area contributed by atoms with Crippen LogP contribution in [-0.2, 0) is 16.0 Å². The van der Waals surface area contributed by atoms with Crippen molar-refractivity contribution in [1.82, 2.24) is 0 Å². The number of halogens is 1. The van der Waals surface area contributed by atoms with Crippen molar-refractivity contribution in [1.29, 1.82) is 0 Å². The topological polar surface area (TPSA) is 67.8 Å². The standard InChI is InChI=1S/C19H21ClN2O3S/c1-13-7-6-9-15(20)18(13)21-16-10-5-4-8-14(16)11-17(23)25-12-19(2,3)26-22-24/h4-10,21H,11-12H2,1-3H3. The number of rotatable bonds is 8. The Labute approximate surface area is 162 Å². The highest BCUT2D eigenvalue weighted by Crippen LogP contribution is 2.30. The molecule has 0 aromatic heterocycles. The number of carbonyl (C=O) groups is 1. The van der Waals surface area contributed by atoms with Crippen molar-refractivity contribution in [2.75, 3.05) is 11.9 Å². The van der Waals surface area contributed by atoms with Gasteiger partial charge in [0.2, 0.25) is 0 Å². The molecular weight excluding hydrogens is 372 g/mol. The van der Waals surface area contributed by atoms with Crippen LogP contribution in [0.15, 0.2) is 47.0 Å². The van der Waals surface area contributed by atoms with E-state index >= 15 is 0 Å². The zero-order valence-electron chi connectivity index (χ0n) is 14.9. The van der Waals surface area contributed by atoms with Crippen molar-refractivity contribution in [3.63, 3.8) is 0 Å². The van der Waals surface area contributed by atoms with Crippen molar-refractivity contribution in [2.24, 2.45) is 4.58 Å². The first-order valence-electron chi connectivity index (χ1n) is 8.09. The van der Waals surface area contributed by atoms with Crippen LogP contribution in [0.3, 0.4) is 0 Å². The molecule has 0 heterocycles. The fourth-order valence-corrected chi connectivity index (χ4v) is 2.89. The van der Waals surface area contributed by atoms with Crippen LogP contribution in [0.4, 0.5) is 11.4 Å². The van der Waals surface area contributed by atoms with E-state index in [1.165, 1.54) is 0 Å². The average Bonchev–Trinajstić information content (AvgIpc) is 2.58. The Hall–Kier alpha value is -2.05. The first-order valence-corrected chi connectivity index (χ1v) is 9.24. The second-order valence-corrected chi connectivity index (χ2v) is 8.32. The van der Waals surface area contributed by atoms with E-state index in [1.54, 1.807) is 13.8 Å². The van der Waals surface area contributed by atoms with E-state index in [0.717, 1.165) is 34.4 Å². The fraction of sp³-hybridized carbons (Fsp3) is 0.316. The molecule has 0 unspecified atom stereocenters. The predicted octanol–water partition coefficient (Wildman–Crippen LogP) is 5.67. The number of hydrogen-bond donors (Lipinski definition) is 1. The van der Waals surface area contributed by atoms with Crippen LogP contribution >= 0.6 is 23.5 Å². The van der Waals surface area contributed by atoms with Crippen LogP contribution in [0.2, 0.25) is 5.02 Å². The molecule has 0 saturated heterocycles. The number of aryl methyl sites for hydroxylation is 1. The van der Waals surface area contributed by atoms with Crippen LogP contribution in [0.25, 0.3) is 0 Å². The highest BCUT2D eigenvalue weighted by atomic mass is 35.5. The number of nitroso groups, excluding NO2 is 1. The number of hydrogen-bond acceptors (Lipinski definition) is 6. The molecule has 0 amide bonds. The fourth-order valence-electron chi connectivity index (χ4n) is 2.31. The summed E-state index contributed by atoms with van der Waals surface area (Å²) < 4.78 is 7.55. The van der Waals surface area contributed by atoms with E-state index in [4.69, 9.17) is 16.3 Å². The second-order valence-electron chi connectivity index (χ2n) is 6.48. The lowest BCUT2D eigenvalue weighted by atomic mass is 10.1. The van der Waals surface area contributed by atoms with E-state index in [-0.39, 0.29) is 19.0 Å². The summed E-state index contributed by atoms with van der Waals surface area (Å²) in [5.74, 6) is -0.366. The predicted molar refractivity (Wildman–Crippen MR) is 108 cm³/mol. The van der Waals surface area contributed by atoms with Gasteiger partial charge in [-0.2, -0.15) is 0 Å². The second kappa shape index (κ2) is 9.05. The van der Waals surface area contributed by atoms with Gasteiger partial charge >= 0.3 is 5.97 Å². The van der Waals surface area contributed by atoms with Crippen molar-refractivity contribution in [3.05, 3.63) is 63.5 Å². The molecule has 2 aromatic rings. The molecule has 0 spiro atoms. The Morgan fingerprint density at radius 2 is 1.96 bits per heavy atom. The quantitative estimate of drug-likeness (QED) is 0.356. The molecule has 1 N–H and O–H groups in total. The lowest BCUT2D eigenvalue weighted by molar-refractivity contribution is -0.143. The minimum atomic E-state index is -0.552. The Morgan fingerprint density at radius 3 is 2.65 bits per heavy atom. The third-order valence-electron chi connectivity index (χ3n) is 3.70. The van der Waals surface area contributed by atoms with Gasteiger partial charge in [-0.15, -0.1) is 4.91 Å². The monoisotopic (exact) mass is 392 g/mol. The highest BCUT2D eigenvalue weighted by molar-refractivity contribution is 7.99. The Bertz CT molecular complexity index is 776. The third-order valence-corrected chi connectivity index (χ3v) is 4.70. The van der Waals surface area contributed by atoms with Gasteiger partial charge in [0.05, 0.1) is 21.9 Å². The highest BCUT2D eigenvalue weighted by Gasteiger charge is 2.22. The van der Waals surface area contributed by atoms with E-state index < -0.39 is 4.75 Å². The molecule has 2 aromatic carbocycles. The summed E-state index contributed by atoms with van der Waals surface area (Å²) in [6, 6.07) is 13.2.